The minimum absolute atomic E-state index is 0.473. The molecule has 0 N–H and O–H groups in total. The van der Waals surface area contributed by atoms with E-state index in [2.05, 4.69) is 11.1 Å². The van der Waals surface area contributed by atoms with Crippen molar-refractivity contribution in [3.05, 3.63) is 51.4 Å². The van der Waals surface area contributed by atoms with Crippen molar-refractivity contribution in [1.29, 1.82) is 5.26 Å². The van der Waals surface area contributed by atoms with Gasteiger partial charge in [-0.2, -0.15) is 5.26 Å². The fourth-order valence-corrected chi connectivity index (χ4v) is 3.51. The number of halogens is 2. The number of nitriles is 1. The molecule has 20 heavy (non-hydrogen) atoms. The van der Waals surface area contributed by atoms with Gasteiger partial charge in [0.15, 0.2) is 11.6 Å². The van der Waals surface area contributed by atoms with E-state index in [1.807, 2.05) is 0 Å². The fraction of sp³-hybridized carbons (Fsp3) is 0.200. The van der Waals surface area contributed by atoms with Gasteiger partial charge in [0.2, 0.25) is 0 Å². The van der Waals surface area contributed by atoms with Gasteiger partial charge in [-0.3, -0.25) is 0 Å². The molecule has 0 amide bonds. The first-order chi connectivity index (χ1) is 9.69. The second kappa shape index (κ2) is 5.14. The maximum absolute atomic E-state index is 13.1. The molecule has 5 heteroatoms. The number of thiophene rings is 1. The molecule has 0 radical (unpaired) electrons. The Morgan fingerprint density at radius 3 is 2.85 bits per heavy atom. The lowest BCUT2D eigenvalue weighted by atomic mass is 10.1. The first kappa shape index (κ1) is 12.9. The number of benzene rings is 1. The highest BCUT2D eigenvalue weighted by Crippen LogP contribution is 2.40. The molecular formula is C15H10F2N2S. The number of aliphatic imine (C=N–C) groups is 1. The molecule has 1 aliphatic carbocycles. The van der Waals surface area contributed by atoms with Crippen LogP contribution in [0.4, 0.5) is 13.8 Å². The third kappa shape index (κ3) is 2.23. The van der Waals surface area contributed by atoms with E-state index in [-0.39, 0.29) is 0 Å². The summed E-state index contributed by atoms with van der Waals surface area (Å²) in [5.74, 6) is -1.78. The quantitative estimate of drug-likeness (QED) is 0.765. The van der Waals surface area contributed by atoms with Crippen LogP contribution in [0.25, 0.3) is 0 Å². The van der Waals surface area contributed by atoms with Crippen LogP contribution in [0.2, 0.25) is 0 Å². The molecule has 0 atom stereocenters. The van der Waals surface area contributed by atoms with Crippen LogP contribution < -0.4 is 0 Å². The van der Waals surface area contributed by atoms with Crippen molar-refractivity contribution in [2.75, 3.05) is 0 Å². The number of nitrogens with zero attached hydrogens (tertiary/aromatic N) is 2. The SMILES string of the molecule is N#Cc1c(/N=C/c2ccc(F)c(F)c2)sc2c1CCC2. The number of aryl methyl sites for hydroxylation is 1. The van der Waals surface area contributed by atoms with E-state index in [0.717, 1.165) is 37.0 Å². The molecule has 2 aromatic rings. The number of hydrogen-bond acceptors (Lipinski definition) is 3. The van der Waals surface area contributed by atoms with Crippen molar-refractivity contribution in [3.8, 4) is 6.07 Å². The molecule has 100 valence electrons. The molecule has 1 aromatic heterocycles. The van der Waals surface area contributed by atoms with Crippen molar-refractivity contribution in [2.24, 2.45) is 4.99 Å². The molecule has 0 saturated heterocycles. The van der Waals surface area contributed by atoms with Crippen LogP contribution in [0.15, 0.2) is 23.2 Å². The van der Waals surface area contributed by atoms with E-state index >= 15 is 0 Å². The van der Waals surface area contributed by atoms with E-state index in [0.29, 0.717) is 16.1 Å². The molecule has 0 spiro atoms. The smallest absolute Gasteiger partial charge is 0.159 e. The van der Waals surface area contributed by atoms with E-state index in [9.17, 15) is 14.0 Å². The molecule has 1 aliphatic rings. The topological polar surface area (TPSA) is 36.1 Å². The van der Waals surface area contributed by atoms with Crippen molar-refractivity contribution in [1.82, 2.24) is 0 Å². The van der Waals surface area contributed by atoms with Crippen molar-refractivity contribution >= 4 is 22.6 Å². The van der Waals surface area contributed by atoms with Crippen molar-refractivity contribution < 1.29 is 8.78 Å². The number of hydrogen-bond donors (Lipinski definition) is 0. The Kier molecular flexibility index (Phi) is 3.33. The highest BCUT2D eigenvalue weighted by Gasteiger charge is 2.21. The van der Waals surface area contributed by atoms with Crippen molar-refractivity contribution in [2.45, 2.75) is 19.3 Å². The summed E-state index contributed by atoms with van der Waals surface area (Å²) in [7, 11) is 0. The standard InChI is InChI=1S/C15H10F2N2S/c16-12-5-4-9(6-13(12)17)8-19-15-11(7-18)10-2-1-3-14(10)20-15/h4-6,8H,1-3H2/b19-8+. The summed E-state index contributed by atoms with van der Waals surface area (Å²) in [6.07, 6.45) is 4.47. The van der Waals surface area contributed by atoms with Crippen LogP contribution in [0.1, 0.15) is 28.0 Å². The van der Waals surface area contributed by atoms with Crippen LogP contribution >= 0.6 is 11.3 Å². The predicted molar refractivity (Wildman–Crippen MR) is 74.7 cm³/mol. The fourth-order valence-electron chi connectivity index (χ4n) is 2.32. The summed E-state index contributed by atoms with van der Waals surface area (Å²) in [5, 5.41) is 9.88. The summed E-state index contributed by atoms with van der Waals surface area (Å²) in [6.45, 7) is 0. The summed E-state index contributed by atoms with van der Waals surface area (Å²) >= 11 is 1.51. The zero-order chi connectivity index (χ0) is 14.1. The Bertz CT molecular complexity index is 741. The van der Waals surface area contributed by atoms with Crippen LogP contribution in [-0.2, 0) is 12.8 Å². The molecule has 0 fully saturated rings. The minimum Gasteiger partial charge on any atom is -0.244 e. The Labute approximate surface area is 119 Å². The van der Waals surface area contributed by atoms with E-state index < -0.39 is 11.6 Å². The van der Waals surface area contributed by atoms with Gasteiger partial charge >= 0.3 is 0 Å². The normalized spacial score (nSPS) is 13.7. The second-order valence-electron chi connectivity index (χ2n) is 4.58. The third-order valence-corrected chi connectivity index (χ3v) is 4.49. The Morgan fingerprint density at radius 1 is 1.25 bits per heavy atom. The summed E-state index contributed by atoms with van der Waals surface area (Å²) in [6, 6.07) is 5.80. The van der Waals surface area contributed by atoms with Crippen LogP contribution in [-0.4, -0.2) is 6.21 Å². The lowest BCUT2D eigenvalue weighted by Crippen LogP contribution is -1.87. The van der Waals surface area contributed by atoms with Gasteiger partial charge in [-0.05, 0) is 42.5 Å². The van der Waals surface area contributed by atoms with Crippen LogP contribution in [0.3, 0.4) is 0 Å². The minimum atomic E-state index is -0.900. The molecule has 2 nitrogen and oxygen atoms in total. The first-order valence-corrected chi connectivity index (χ1v) is 7.04. The second-order valence-corrected chi connectivity index (χ2v) is 5.66. The lowest BCUT2D eigenvalue weighted by Gasteiger charge is -1.95. The highest BCUT2D eigenvalue weighted by molar-refractivity contribution is 7.16. The lowest BCUT2D eigenvalue weighted by molar-refractivity contribution is 0.508. The molecule has 0 aliphatic heterocycles. The monoisotopic (exact) mass is 288 g/mol. The first-order valence-electron chi connectivity index (χ1n) is 6.23. The molecular weight excluding hydrogens is 278 g/mol. The van der Waals surface area contributed by atoms with E-state index in [4.69, 9.17) is 0 Å². The van der Waals surface area contributed by atoms with Gasteiger partial charge in [-0.15, -0.1) is 11.3 Å². The zero-order valence-electron chi connectivity index (χ0n) is 10.5. The molecule has 0 bridgehead atoms. The average Bonchev–Trinajstić information content (AvgIpc) is 3.00. The van der Waals surface area contributed by atoms with Gasteiger partial charge in [-0.25, -0.2) is 13.8 Å². The van der Waals surface area contributed by atoms with Gasteiger partial charge in [0, 0.05) is 11.1 Å². The van der Waals surface area contributed by atoms with Crippen molar-refractivity contribution in [3.63, 3.8) is 0 Å². The maximum Gasteiger partial charge on any atom is 0.159 e. The summed E-state index contributed by atoms with van der Waals surface area (Å²) in [4.78, 5) is 5.48. The van der Waals surface area contributed by atoms with Gasteiger partial charge in [0.1, 0.15) is 11.1 Å². The molecule has 1 heterocycles. The van der Waals surface area contributed by atoms with Crippen LogP contribution in [0.5, 0.6) is 0 Å². The van der Waals surface area contributed by atoms with Gasteiger partial charge < -0.3 is 0 Å². The highest BCUT2D eigenvalue weighted by atomic mass is 32.1. The van der Waals surface area contributed by atoms with Gasteiger partial charge in [-0.1, -0.05) is 6.07 Å². The van der Waals surface area contributed by atoms with Crippen LogP contribution in [0, 0.1) is 23.0 Å². The molecule has 0 unspecified atom stereocenters. The Morgan fingerprint density at radius 2 is 2.10 bits per heavy atom. The molecule has 1 aromatic carbocycles. The predicted octanol–water partition coefficient (Wildman–Crippen LogP) is 4.14. The zero-order valence-corrected chi connectivity index (χ0v) is 11.3. The Hall–Kier alpha value is -2.06. The molecule has 3 rings (SSSR count). The maximum atomic E-state index is 13.1. The van der Waals surface area contributed by atoms with E-state index in [1.54, 1.807) is 0 Å². The summed E-state index contributed by atoms with van der Waals surface area (Å²) < 4.78 is 25.9. The largest absolute Gasteiger partial charge is 0.244 e. The van der Waals surface area contributed by atoms with Gasteiger partial charge in [0.05, 0.1) is 5.56 Å². The number of fused-ring (bicyclic) bond motifs is 1. The van der Waals surface area contributed by atoms with Gasteiger partial charge in [0.25, 0.3) is 0 Å². The average molecular weight is 288 g/mol. The number of rotatable bonds is 2. The third-order valence-electron chi connectivity index (χ3n) is 3.29. The Balaban J connectivity index is 1.93. The van der Waals surface area contributed by atoms with E-state index in [1.165, 1.54) is 28.5 Å². The molecule has 0 saturated carbocycles. The summed E-state index contributed by atoms with van der Waals surface area (Å²) in [5.41, 5.74) is 2.21.